The van der Waals surface area contributed by atoms with Crippen molar-refractivity contribution in [3.8, 4) is 51.0 Å². The van der Waals surface area contributed by atoms with Crippen molar-refractivity contribution >= 4 is 65.7 Å². The molecular formula is C51H30N4O2. The van der Waals surface area contributed by atoms with Crippen molar-refractivity contribution in [3.63, 3.8) is 0 Å². The third-order valence-electron chi connectivity index (χ3n) is 11.1. The summed E-state index contributed by atoms with van der Waals surface area (Å²) in [5.74, 6) is 1.85. The Bertz CT molecular complexity index is 3410. The predicted octanol–water partition coefficient (Wildman–Crippen LogP) is 13.4. The Morgan fingerprint density at radius 2 is 0.877 bits per heavy atom. The molecule has 0 amide bonds. The zero-order valence-electron chi connectivity index (χ0n) is 30.4. The second-order valence-corrected chi connectivity index (χ2v) is 14.4. The number of fused-ring (bicyclic) bond motifs is 9. The summed E-state index contributed by atoms with van der Waals surface area (Å²) in [4.78, 5) is 14.8. The first-order valence-electron chi connectivity index (χ1n) is 19.0. The van der Waals surface area contributed by atoms with Crippen LogP contribution in [0.25, 0.3) is 117 Å². The second-order valence-electron chi connectivity index (χ2n) is 14.4. The molecule has 8 aromatic carbocycles. The zero-order chi connectivity index (χ0) is 37.5. The molecule has 57 heavy (non-hydrogen) atoms. The third-order valence-corrected chi connectivity index (χ3v) is 11.1. The summed E-state index contributed by atoms with van der Waals surface area (Å²) in [5.41, 5.74) is 11.6. The van der Waals surface area contributed by atoms with Crippen LogP contribution in [0, 0.1) is 0 Å². The summed E-state index contributed by atoms with van der Waals surface area (Å²) >= 11 is 0. The molecule has 0 N–H and O–H groups in total. The van der Waals surface area contributed by atoms with Crippen molar-refractivity contribution in [2.45, 2.75) is 0 Å². The fourth-order valence-corrected chi connectivity index (χ4v) is 8.42. The molecule has 0 spiro atoms. The second kappa shape index (κ2) is 12.3. The molecule has 12 rings (SSSR count). The van der Waals surface area contributed by atoms with Crippen molar-refractivity contribution in [1.82, 2.24) is 19.5 Å². The van der Waals surface area contributed by atoms with Gasteiger partial charge in [0, 0.05) is 60.8 Å². The van der Waals surface area contributed by atoms with Gasteiger partial charge >= 0.3 is 0 Å². The molecule has 6 nitrogen and oxygen atoms in total. The van der Waals surface area contributed by atoms with E-state index in [1.54, 1.807) is 0 Å². The van der Waals surface area contributed by atoms with E-state index in [-0.39, 0.29) is 0 Å². The summed E-state index contributed by atoms with van der Waals surface area (Å²) in [6.45, 7) is 0. The summed E-state index contributed by atoms with van der Waals surface area (Å²) in [5, 5.41) is 6.63. The lowest BCUT2D eigenvalue weighted by molar-refractivity contribution is 0.668. The van der Waals surface area contributed by atoms with Gasteiger partial charge in [-0.2, -0.15) is 0 Å². The van der Waals surface area contributed by atoms with Gasteiger partial charge in [0.1, 0.15) is 22.3 Å². The molecule has 0 fully saturated rings. The third kappa shape index (κ3) is 5.01. The molecule has 0 saturated heterocycles. The zero-order valence-corrected chi connectivity index (χ0v) is 30.4. The highest BCUT2D eigenvalue weighted by Gasteiger charge is 2.19. The van der Waals surface area contributed by atoms with Gasteiger partial charge in [-0.15, -0.1) is 0 Å². The summed E-state index contributed by atoms with van der Waals surface area (Å²) in [6.07, 6.45) is 0. The van der Waals surface area contributed by atoms with E-state index in [9.17, 15) is 0 Å². The Morgan fingerprint density at radius 3 is 1.53 bits per heavy atom. The Morgan fingerprint density at radius 1 is 0.333 bits per heavy atom. The molecule has 0 bridgehead atoms. The molecule has 6 heteroatoms. The Balaban J connectivity index is 0.991. The van der Waals surface area contributed by atoms with Crippen LogP contribution in [0.4, 0.5) is 0 Å². The summed E-state index contributed by atoms with van der Waals surface area (Å²) < 4.78 is 15.3. The number of para-hydroxylation sites is 2. The summed E-state index contributed by atoms with van der Waals surface area (Å²) in [6, 6.07) is 62.7. The van der Waals surface area contributed by atoms with E-state index in [0.717, 1.165) is 77.4 Å². The summed E-state index contributed by atoms with van der Waals surface area (Å²) in [7, 11) is 0. The van der Waals surface area contributed by atoms with E-state index in [0.29, 0.717) is 17.5 Å². The van der Waals surface area contributed by atoms with Crippen molar-refractivity contribution < 1.29 is 8.83 Å². The van der Waals surface area contributed by atoms with E-state index in [1.165, 1.54) is 21.8 Å². The van der Waals surface area contributed by atoms with Crippen LogP contribution in [-0.2, 0) is 0 Å². The lowest BCUT2D eigenvalue weighted by Gasteiger charge is -2.08. The van der Waals surface area contributed by atoms with Gasteiger partial charge in [-0.05, 0) is 71.8 Å². The highest BCUT2D eigenvalue weighted by Crippen LogP contribution is 2.41. The number of hydrogen-bond donors (Lipinski definition) is 0. The molecule has 0 radical (unpaired) electrons. The smallest absolute Gasteiger partial charge is 0.164 e. The number of hydrogen-bond acceptors (Lipinski definition) is 5. The standard InChI is InChI=1S/C51H30N4O2/c1-3-12-31(13-4-1)49-52-50(32-14-5-2-6-15-32)54-51(53-49)34-23-27-45-41(29-34)40-28-33(22-26-44(40)56-45)36-18-11-21-46-48(36)39-25-24-35(30-47(39)57-46)55-42-19-9-7-16-37(42)38-17-8-10-20-43(38)55/h1-30H. The highest BCUT2D eigenvalue weighted by atomic mass is 16.3. The van der Waals surface area contributed by atoms with E-state index < -0.39 is 0 Å². The number of aromatic nitrogens is 4. The topological polar surface area (TPSA) is 69.9 Å². The van der Waals surface area contributed by atoms with Crippen LogP contribution in [0.2, 0.25) is 0 Å². The van der Waals surface area contributed by atoms with Crippen LogP contribution in [0.15, 0.2) is 191 Å². The van der Waals surface area contributed by atoms with E-state index in [4.69, 9.17) is 23.8 Å². The van der Waals surface area contributed by atoms with Crippen molar-refractivity contribution in [2.24, 2.45) is 0 Å². The minimum atomic E-state index is 0.602. The molecular weight excluding hydrogens is 701 g/mol. The molecule has 4 aromatic heterocycles. The highest BCUT2D eigenvalue weighted by molar-refractivity contribution is 6.15. The predicted molar refractivity (Wildman–Crippen MR) is 230 cm³/mol. The number of rotatable bonds is 5. The van der Waals surface area contributed by atoms with Gasteiger partial charge in [0.2, 0.25) is 0 Å². The van der Waals surface area contributed by atoms with Gasteiger partial charge in [0.05, 0.1) is 11.0 Å². The maximum atomic E-state index is 6.62. The molecule has 0 aliphatic rings. The van der Waals surface area contributed by atoms with Crippen molar-refractivity contribution in [2.75, 3.05) is 0 Å². The molecule has 4 heterocycles. The first-order valence-corrected chi connectivity index (χ1v) is 19.0. The van der Waals surface area contributed by atoms with Gasteiger partial charge in [-0.25, -0.2) is 15.0 Å². The van der Waals surface area contributed by atoms with Crippen LogP contribution in [0.1, 0.15) is 0 Å². The average molecular weight is 731 g/mol. The first kappa shape index (κ1) is 31.5. The maximum absolute atomic E-state index is 6.62. The average Bonchev–Trinajstić information content (AvgIpc) is 3.95. The lowest BCUT2D eigenvalue weighted by Crippen LogP contribution is -2.00. The van der Waals surface area contributed by atoms with E-state index >= 15 is 0 Å². The van der Waals surface area contributed by atoms with Gasteiger partial charge in [0.15, 0.2) is 17.5 Å². The Labute approximate surface area is 325 Å². The monoisotopic (exact) mass is 730 g/mol. The van der Waals surface area contributed by atoms with Crippen LogP contribution >= 0.6 is 0 Å². The SMILES string of the molecule is c1ccc(-c2nc(-c3ccccc3)nc(-c3ccc4oc5ccc(-c6cccc7oc8cc(-n9c%10ccccc%10c%10ccccc%109)ccc8c67)cc5c4c3)n2)cc1. The first-order chi connectivity index (χ1) is 28.2. The van der Waals surface area contributed by atoms with Crippen LogP contribution in [0.5, 0.6) is 0 Å². The van der Waals surface area contributed by atoms with Gasteiger partial charge < -0.3 is 13.4 Å². The number of nitrogens with zero attached hydrogens (tertiary/aromatic N) is 4. The van der Waals surface area contributed by atoms with Gasteiger partial charge in [0.25, 0.3) is 0 Å². The maximum Gasteiger partial charge on any atom is 0.164 e. The minimum absolute atomic E-state index is 0.602. The molecule has 0 aliphatic carbocycles. The van der Waals surface area contributed by atoms with E-state index in [1.807, 2.05) is 72.8 Å². The molecule has 0 unspecified atom stereocenters. The lowest BCUT2D eigenvalue weighted by atomic mass is 9.97. The van der Waals surface area contributed by atoms with Gasteiger partial charge in [-0.1, -0.05) is 115 Å². The number of furan rings is 2. The largest absolute Gasteiger partial charge is 0.456 e. The Kier molecular flexibility index (Phi) is 6.83. The van der Waals surface area contributed by atoms with Gasteiger partial charge in [-0.3, -0.25) is 0 Å². The molecule has 266 valence electrons. The quantitative estimate of drug-likeness (QED) is 0.176. The van der Waals surface area contributed by atoms with Crippen molar-refractivity contribution in [3.05, 3.63) is 182 Å². The Hall–Kier alpha value is -7.83. The van der Waals surface area contributed by atoms with Crippen LogP contribution in [-0.4, -0.2) is 19.5 Å². The van der Waals surface area contributed by atoms with Crippen LogP contribution < -0.4 is 0 Å². The van der Waals surface area contributed by atoms with Crippen molar-refractivity contribution in [1.29, 1.82) is 0 Å². The molecule has 0 atom stereocenters. The minimum Gasteiger partial charge on any atom is -0.456 e. The van der Waals surface area contributed by atoms with Crippen LogP contribution in [0.3, 0.4) is 0 Å². The molecule has 0 aliphatic heterocycles. The van der Waals surface area contributed by atoms with E-state index in [2.05, 4.69) is 114 Å². The molecule has 0 saturated carbocycles. The number of benzene rings is 8. The fourth-order valence-electron chi connectivity index (χ4n) is 8.42. The normalized spacial score (nSPS) is 11.9. The fraction of sp³-hybridized carbons (Fsp3) is 0. The molecule has 12 aromatic rings.